The summed E-state index contributed by atoms with van der Waals surface area (Å²) in [5.74, 6) is 1.17. The van der Waals surface area contributed by atoms with Crippen LogP contribution in [0.2, 0.25) is 0 Å². The molecule has 2 aliphatic carbocycles. The second-order valence-corrected chi connectivity index (χ2v) is 11.9. The van der Waals surface area contributed by atoms with E-state index in [1.807, 2.05) is 32.9 Å². The Bertz CT molecular complexity index is 1230. The van der Waals surface area contributed by atoms with Gasteiger partial charge in [0.2, 0.25) is 0 Å². The van der Waals surface area contributed by atoms with Crippen LogP contribution in [0.15, 0.2) is 41.8 Å². The Kier molecular flexibility index (Phi) is 6.67. The number of pyridine rings is 1. The molecule has 5 nitrogen and oxygen atoms in total. The highest BCUT2D eigenvalue weighted by Gasteiger charge is 2.34. The molecule has 2 heterocycles. The number of carbonyl (C=O) groups excluding carboxylic acids is 2. The van der Waals surface area contributed by atoms with Crippen LogP contribution in [0.4, 0.5) is 4.79 Å². The zero-order valence-corrected chi connectivity index (χ0v) is 21.6. The van der Waals surface area contributed by atoms with Crippen molar-refractivity contribution in [3.05, 3.63) is 64.3 Å². The zero-order chi connectivity index (χ0) is 24.6. The Hall–Kier alpha value is -2.73. The van der Waals surface area contributed by atoms with Crippen LogP contribution in [0.5, 0.6) is 0 Å². The van der Waals surface area contributed by atoms with E-state index in [9.17, 15) is 9.59 Å². The van der Waals surface area contributed by atoms with E-state index in [2.05, 4.69) is 35.0 Å². The Balaban J connectivity index is 1.26. The van der Waals surface area contributed by atoms with Gasteiger partial charge in [-0.2, -0.15) is 0 Å². The molecule has 3 aromatic rings. The van der Waals surface area contributed by atoms with Crippen LogP contribution < -0.4 is 5.32 Å². The summed E-state index contributed by atoms with van der Waals surface area (Å²) in [5.41, 5.74) is 3.25. The fourth-order valence-corrected chi connectivity index (χ4v) is 5.95. The number of alkyl carbamates (subject to hydrolysis) is 1. The van der Waals surface area contributed by atoms with Crippen LogP contribution >= 0.6 is 11.3 Å². The number of amides is 1. The smallest absolute Gasteiger partial charge is 0.407 e. The first kappa shape index (κ1) is 24.0. The third kappa shape index (κ3) is 5.75. The zero-order valence-electron chi connectivity index (χ0n) is 20.8. The van der Waals surface area contributed by atoms with E-state index in [0.717, 1.165) is 44.1 Å². The first-order valence-corrected chi connectivity index (χ1v) is 13.6. The number of fused-ring (bicyclic) bond motifs is 1. The molecule has 2 aliphatic rings. The Morgan fingerprint density at radius 3 is 2.46 bits per heavy atom. The summed E-state index contributed by atoms with van der Waals surface area (Å²) in [5, 5.41) is 6.22. The van der Waals surface area contributed by atoms with Crippen molar-refractivity contribution in [2.24, 2.45) is 5.92 Å². The normalized spacial score (nSPS) is 20.5. The van der Waals surface area contributed by atoms with Crippen molar-refractivity contribution in [1.29, 1.82) is 0 Å². The van der Waals surface area contributed by atoms with Gasteiger partial charge in [-0.25, -0.2) is 9.78 Å². The van der Waals surface area contributed by atoms with E-state index in [0.29, 0.717) is 23.2 Å². The van der Waals surface area contributed by atoms with E-state index < -0.39 is 11.7 Å². The largest absolute Gasteiger partial charge is 0.444 e. The van der Waals surface area contributed by atoms with Crippen molar-refractivity contribution in [1.82, 2.24) is 10.3 Å². The fraction of sp³-hybridized carbons (Fsp3) is 0.483. The predicted octanol–water partition coefficient (Wildman–Crippen LogP) is 7.36. The molecular formula is C29H34N2O3S. The molecule has 0 aliphatic heterocycles. The van der Waals surface area contributed by atoms with Crippen LogP contribution in [0.25, 0.3) is 10.1 Å². The van der Waals surface area contributed by atoms with E-state index in [-0.39, 0.29) is 18.2 Å². The van der Waals surface area contributed by atoms with E-state index in [4.69, 9.17) is 9.72 Å². The van der Waals surface area contributed by atoms with Crippen molar-refractivity contribution in [3.63, 3.8) is 0 Å². The molecule has 1 N–H and O–H groups in total. The minimum Gasteiger partial charge on any atom is -0.444 e. The van der Waals surface area contributed by atoms with E-state index >= 15 is 0 Å². The summed E-state index contributed by atoms with van der Waals surface area (Å²) < 4.78 is 6.67. The summed E-state index contributed by atoms with van der Waals surface area (Å²) in [7, 11) is 0. The lowest BCUT2D eigenvalue weighted by molar-refractivity contribution is 0.0523. The lowest BCUT2D eigenvalue weighted by atomic mass is 9.76. The Morgan fingerprint density at radius 2 is 1.74 bits per heavy atom. The molecule has 0 spiro atoms. The minimum atomic E-state index is -0.553. The number of aromatic nitrogens is 1. The molecule has 0 atom stereocenters. The average Bonchev–Trinajstić information content (AvgIpc) is 3.57. The molecule has 184 valence electrons. The van der Waals surface area contributed by atoms with Gasteiger partial charge in [-0.05, 0) is 111 Å². The molecule has 6 heteroatoms. The number of rotatable bonds is 6. The quantitative estimate of drug-likeness (QED) is 0.367. The second-order valence-electron chi connectivity index (χ2n) is 11.0. The highest BCUT2D eigenvalue weighted by molar-refractivity contribution is 7.17. The number of Topliss-reactive ketones (excluding diaryl/α,β-unsaturated/α-hetero) is 1. The number of hydrogen-bond acceptors (Lipinski definition) is 5. The third-order valence-electron chi connectivity index (χ3n) is 7.10. The standard InChI is InChI=1S/C29H34N2O3S/c1-29(2,3)34-28(33)30-17-23-12-13-24(19-6-7-19)26(31-23)27(32)21-9-4-18(5-10-21)22-11-8-20-14-15-35-25(20)16-22/h8,11-16,18-19,21H,4-7,9-10,17H2,1-3H3,(H,30,33). The molecule has 5 rings (SSSR count). The van der Waals surface area contributed by atoms with Crippen molar-refractivity contribution in [2.75, 3.05) is 0 Å². The van der Waals surface area contributed by atoms with Gasteiger partial charge in [-0.3, -0.25) is 4.79 Å². The molecule has 2 saturated carbocycles. The lowest BCUT2D eigenvalue weighted by Gasteiger charge is -2.28. The van der Waals surface area contributed by atoms with Crippen molar-refractivity contribution >= 4 is 33.3 Å². The monoisotopic (exact) mass is 490 g/mol. The lowest BCUT2D eigenvalue weighted by Crippen LogP contribution is -2.32. The van der Waals surface area contributed by atoms with Crippen molar-refractivity contribution in [2.45, 2.75) is 83.3 Å². The maximum atomic E-state index is 13.6. The summed E-state index contributed by atoms with van der Waals surface area (Å²) in [6, 6.07) is 13.0. The van der Waals surface area contributed by atoms with Gasteiger partial charge in [-0.1, -0.05) is 18.2 Å². The highest BCUT2D eigenvalue weighted by Crippen LogP contribution is 2.43. The van der Waals surface area contributed by atoms with Gasteiger partial charge in [0, 0.05) is 10.6 Å². The van der Waals surface area contributed by atoms with Gasteiger partial charge in [0.05, 0.1) is 12.2 Å². The molecule has 2 aromatic heterocycles. The number of ketones is 1. The number of benzene rings is 1. The number of hydrogen-bond donors (Lipinski definition) is 1. The molecule has 2 fully saturated rings. The van der Waals surface area contributed by atoms with Gasteiger partial charge in [0.15, 0.2) is 5.78 Å². The maximum Gasteiger partial charge on any atom is 0.407 e. The number of ether oxygens (including phenoxy) is 1. The topological polar surface area (TPSA) is 68.3 Å². The van der Waals surface area contributed by atoms with Crippen LogP contribution in [0.1, 0.15) is 98.4 Å². The Morgan fingerprint density at radius 1 is 1.00 bits per heavy atom. The van der Waals surface area contributed by atoms with Crippen LogP contribution in [-0.2, 0) is 11.3 Å². The number of carbonyl (C=O) groups is 2. The Labute approximate surface area is 211 Å². The first-order valence-electron chi connectivity index (χ1n) is 12.7. The van der Waals surface area contributed by atoms with Gasteiger partial charge in [-0.15, -0.1) is 11.3 Å². The highest BCUT2D eigenvalue weighted by atomic mass is 32.1. The first-order chi connectivity index (χ1) is 16.8. The van der Waals surface area contributed by atoms with Gasteiger partial charge in [0.25, 0.3) is 0 Å². The molecule has 35 heavy (non-hydrogen) atoms. The molecule has 1 aromatic carbocycles. The number of nitrogens with one attached hydrogen (secondary N) is 1. The molecular weight excluding hydrogens is 456 g/mol. The third-order valence-corrected chi connectivity index (χ3v) is 7.98. The summed E-state index contributed by atoms with van der Waals surface area (Å²) in [6.07, 6.45) is 5.64. The molecule has 0 saturated heterocycles. The second kappa shape index (κ2) is 9.73. The van der Waals surface area contributed by atoms with E-state index in [1.54, 1.807) is 11.3 Å². The molecule has 0 bridgehead atoms. The van der Waals surface area contributed by atoms with Crippen LogP contribution in [0.3, 0.4) is 0 Å². The van der Waals surface area contributed by atoms with Crippen molar-refractivity contribution in [3.8, 4) is 0 Å². The SMILES string of the molecule is CC(C)(C)OC(=O)NCc1ccc(C2CC2)c(C(=O)C2CCC(c3ccc4ccsc4c3)CC2)n1. The van der Waals surface area contributed by atoms with Gasteiger partial charge >= 0.3 is 6.09 Å². The maximum absolute atomic E-state index is 13.6. The molecule has 0 radical (unpaired) electrons. The van der Waals surface area contributed by atoms with Crippen LogP contribution in [-0.4, -0.2) is 22.5 Å². The summed E-state index contributed by atoms with van der Waals surface area (Å²) in [4.78, 5) is 30.5. The number of thiophene rings is 1. The van der Waals surface area contributed by atoms with Gasteiger partial charge < -0.3 is 10.1 Å². The van der Waals surface area contributed by atoms with E-state index in [1.165, 1.54) is 15.6 Å². The molecule has 0 unspecified atom stereocenters. The summed E-state index contributed by atoms with van der Waals surface area (Å²) in [6.45, 7) is 5.75. The average molecular weight is 491 g/mol. The van der Waals surface area contributed by atoms with Crippen LogP contribution in [0, 0.1) is 5.92 Å². The fourth-order valence-electron chi connectivity index (χ4n) is 5.11. The predicted molar refractivity (Wildman–Crippen MR) is 140 cm³/mol. The minimum absolute atomic E-state index is 0.0239. The van der Waals surface area contributed by atoms with Crippen molar-refractivity contribution < 1.29 is 14.3 Å². The summed E-state index contributed by atoms with van der Waals surface area (Å²) >= 11 is 1.79. The van der Waals surface area contributed by atoms with Gasteiger partial charge in [0.1, 0.15) is 11.3 Å². The molecule has 1 amide bonds. The number of nitrogens with zero attached hydrogens (tertiary/aromatic N) is 1.